The molecule has 1 aromatic carbocycles. The maximum absolute atomic E-state index is 6.67. The van der Waals surface area contributed by atoms with Crippen LogP contribution in [-0.2, 0) is 0 Å². The highest BCUT2D eigenvalue weighted by molar-refractivity contribution is 5.77. The number of nitrogens with zero attached hydrogens (tertiary/aromatic N) is 4. The van der Waals surface area contributed by atoms with Gasteiger partial charge in [-0.2, -0.15) is 0 Å². The molecule has 0 saturated heterocycles. The molecule has 134 valence electrons. The summed E-state index contributed by atoms with van der Waals surface area (Å²) in [6.07, 6.45) is 5.69. The Morgan fingerprint density at radius 3 is 2.38 bits per heavy atom. The van der Waals surface area contributed by atoms with E-state index >= 15 is 0 Å². The molecule has 24 heavy (non-hydrogen) atoms. The van der Waals surface area contributed by atoms with Crippen molar-refractivity contribution < 1.29 is 0 Å². The molecule has 0 amide bonds. The maximum atomic E-state index is 6.67. The number of hydrogen-bond donors (Lipinski definition) is 1. The first-order valence-electron chi connectivity index (χ1n) is 9.44. The second-order valence-corrected chi connectivity index (χ2v) is 6.69. The van der Waals surface area contributed by atoms with Crippen molar-refractivity contribution in [3.05, 3.63) is 23.8 Å². The van der Waals surface area contributed by atoms with Gasteiger partial charge in [0.25, 0.3) is 0 Å². The second-order valence-electron chi connectivity index (χ2n) is 6.69. The number of rotatable bonds is 10. The summed E-state index contributed by atoms with van der Waals surface area (Å²) in [5.41, 5.74) is 9.81. The molecule has 1 heterocycles. The molecule has 0 aliphatic carbocycles. The molecule has 2 unspecified atom stereocenters. The highest BCUT2D eigenvalue weighted by atomic mass is 15.5. The highest BCUT2D eigenvalue weighted by Gasteiger charge is 2.26. The molecule has 2 rings (SSSR count). The molecule has 0 fully saturated rings. The summed E-state index contributed by atoms with van der Waals surface area (Å²) < 4.78 is 1.92. The number of aryl methyl sites for hydroxylation is 1. The van der Waals surface area contributed by atoms with Gasteiger partial charge in [-0.15, -0.1) is 5.10 Å². The topological polar surface area (TPSA) is 60.0 Å². The van der Waals surface area contributed by atoms with Gasteiger partial charge in [0.2, 0.25) is 0 Å². The van der Waals surface area contributed by atoms with E-state index in [2.05, 4.69) is 61.1 Å². The number of hydrogen-bond acceptors (Lipinski definition) is 4. The lowest BCUT2D eigenvalue weighted by molar-refractivity contribution is 0.132. The molecule has 0 radical (unpaired) electrons. The van der Waals surface area contributed by atoms with Gasteiger partial charge in [0.05, 0.1) is 5.52 Å². The maximum Gasteiger partial charge on any atom is 0.117 e. The van der Waals surface area contributed by atoms with Crippen molar-refractivity contribution >= 4 is 11.0 Å². The van der Waals surface area contributed by atoms with Crippen molar-refractivity contribution in [2.24, 2.45) is 5.73 Å². The lowest BCUT2D eigenvalue weighted by Crippen LogP contribution is -2.46. The van der Waals surface area contributed by atoms with Crippen molar-refractivity contribution in [1.29, 1.82) is 0 Å². The predicted octanol–water partition coefficient (Wildman–Crippen LogP) is 3.88. The van der Waals surface area contributed by atoms with Gasteiger partial charge in [0.1, 0.15) is 11.7 Å². The van der Waals surface area contributed by atoms with Gasteiger partial charge in [0.15, 0.2) is 0 Å². The fourth-order valence-corrected chi connectivity index (χ4v) is 3.36. The van der Waals surface area contributed by atoms with Crippen molar-refractivity contribution in [2.45, 2.75) is 72.0 Å². The Labute approximate surface area is 146 Å². The smallest absolute Gasteiger partial charge is 0.117 e. The average molecular weight is 332 g/mol. The first-order chi connectivity index (χ1) is 11.6. The Hall–Kier alpha value is -1.46. The molecule has 1 aromatic heterocycles. The van der Waals surface area contributed by atoms with Crippen LogP contribution in [-0.4, -0.2) is 39.0 Å². The first kappa shape index (κ1) is 18.9. The van der Waals surface area contributed by atoms with E-state index in [1.165, 1.54) is 25.7 Å². The molecule has 0 bridgehead atoms. The molecule has 2 N–H and O–H groups in total. The van der Waals surface area contributed by atoms with Crippen LogP contribution in [0.1, 0.15) is 64.6 Å². The Balaban J connectivity index is 2.27. The summed E-state index contributed by atoms with van der Waals surface area (Å²) in [6.45, 7) is 11.0. The van der Waals surface area contributed by atoms with Gasteiger partial charge in [-0.1, -0.05) is 51.0 Å². The van der Waals surface area contributed by atoms with Crippen LogP contribution in [0.25, 0.3) is 11.0 Å². The van der Waals surface area contributed by atoms with Crippen molar-refractivity contribution in [3.8, 4) is 0 Å². The lowest BCUT2D eigenvalue weighted by atomic mass is 10.1. The van der Waals surface area contributed by atoms with E-state index in [1.54, 1.807) is 0 Å². The van der Waals surface area contributed by atoms with Gasteiger partial charge in [-0.3, -0.25) is 4.90 Å². The molecule has 5 heteroatoms. The quantitative estimate of drug-likeness (QED) is 0.718. The van der Waals surface area contributed by atoms with Crippen LogP contribution in [0.2, 0.25) is 0 Å². The number of benzene rings is 1. The largest absolute Gasteiger partial charge is 0.308 e. The van der Waals surface area contributed by atoms with E-state index in [-0.39, 0.29) is 12.2 Å². The van der Waals surface area contributed by atoms with Crippen LogP contribution in [0, 0.1) is 6.92 Å². The summed E-state index contributed by atoms with van der Waals surface area (Å²) in [4.78, 5) is 2.56. The van der Waals surface area contributed by atoms with Gasteiger partial charge in [0, 0.05) is 6.04 Å². The van der Waals surface area contributed by atoms with Crippen LogP contribution >= 0.6 is 0 Å². The zero-order chi connectivity index (χ0) is 17.5. The van der Waals surface area contributed by atoms with Crippen molar-refractivity contribution in [3.63, 3.8) is 0 Å². The number of unbranched alkanes of at least 4 members (excludes halogenated alkanes) is 2. The van der Waals surface area contributed by atoms with Gasteiger partial charge in [-0.05, 0) is 50.9 Å². The minimum absolute atomic E-state index is 0.171. The van der Waals surface area contributed by atoms with E-state index in [0.717, 1.165) is 36.1 Å². The summed E-state index contributed by atoms with van der Waals surface area (Å²) in [7, 11) is 0. The van der Waals surface area contributed by atoms with E-state index in [0.29, 0.717) is 0 Å². The fourth-order valence-electron chi connectivity index (χ4n) is 3.36. The zero-order valence-electron chi connectivity index (χ0n) is 15.7. The minimum atomic E-state index is -0.171. The molecular formula is C19H33N5. The van der Waals surface area contributed by atoms with Crippen molar-refractivity contribution in [2.75, 3.05) is 13.1 Å². The Morgan fingerprint density at radius 2 is 1.79 bits per heavy atom. The first-order valence-corrected chi connectivity index (χ1v) is 9.44. The third-order valence-electron chi connectivity index (χ3n) is 4.87. The van der Waals surface area contributed by atoms with Gasteiger partial charge >= 0.3 is 0 Å². The third-order valence-corrected chi connectivity index (χ3v) is 4.87. The van der Waals surface area contributed by atoms with Gasteiger partial charge in [-0.25, -0.2) is 4.68 Å². The molecule has 2 atom stereocenters. The van der Waals surface area contributed by atoms with Crippen LogP contribution in [0.5, 0.6) is 0 Å². The fraction of sp³-hybridized carbons (Fsp3) is 0.684. The molecule has 0 spiro atoms. The molecule has 0 aliphatic heterocycles. The normalized spacial score (nSPS) is 14.4. The highest BCUT2D eigenvalue weighted by Crippen LogP contribution is 2.22. The molecule has 0 aliphatic rings. The van der Waals surface area contributed by atoms with E-state index < -0.39 is 0 Å². The Kier molecular flexibility index (Phi) is 7.18. The molecule has 0 saturated carbocycles. The predicted molar refractivity (Wildman–Crippen MR) is 101 cm³/mol. The standard InChI is InChI=1S/C19H33N5/c1-5-8-13-23(14-9-6-2)16(7-3)19(20)24-17-12-10-11-15(4)18(17)21-22-24/h10-12,16,19H,5-9,13-14,20H2,1-4H3. The lowest BCUT2D eigenvalue weighted by Gasteiger charge is -2.35. The van der Waals surface area contributed by atoms with Crippen LogP contribution in [0.3, 0.4) is 0 Å². The van der Waals surface area contributed by atoms with E-state index in [9.17, 15) is 0 Å². The second kappa shape index (κ2) is 9.14. The summed E-state index contributed by atoms with van der Waals surface area (Å²) >= 11 is 0. The Bertz CT molecular complexity index is 613. The zero-order valence-corrected chi connectivity index (χ0v) is 15.7. The van der Waals surface area contributed by atoms with Crippen LogP contribution in [0.4, 0.5) is 0 Å². The monoisotopic (exact) mass is 331 g/mol. The van der Waals surface area contributed by atoms with E-state index in [1.807, 2.05) is 4.68 Å². The Morgan fingerprint density at radius 1 is 1.12 bits per heavy atom. The number of aromatic nitrogens is 3. The third kappa shape index (κ3) is 4.14. The number of nitrogens with two attached hydrogens (primary N) is 1. The summed E-state index contributed by atoms with van der Waals surface area (Å²) in [5.74, 6) is 0. The molecular weight excluding hydrogens is 298 g/mol. The molecule has 5 nitrogen and oxygen atoms in total. The van der Waals surface area contributed by atoms with Crippen LogP contribution < -0.4 is 5.73 Å². The molecule has 2 aromatic rings. The summed E-state index contributed by atoms with van der Waals surface area (Å²) in [5, 5.41) is 8.74. The summed E-state index contributed by atoms with van der Waals surface area (Å²) in [6, 6.07) is 6.47. The average Bonchev–Trinajstić information content (AvgIpc) is 3.02. The SMILES string of the molecule is CCCCN(CCCC)C(CC)C(N)n1nnc2c(C)cccc21. The van der Waals surface area contributed by atoms with E-state index in [4.69, 9.17) is 5.73 Å². The number of fused-ring (bicyclic) bond motifs is 1. The van der Waals surface area contributed by atoms with Crippen LogP contribution in [0.15, 0.2) is 18.2 Å². The minimum Gasteiger partial charge on any atom is -0.308 e. The van der Waals surface area contributed by atoms with Gasteiger partial charge < -0.3 is 5.73 Å². The van der Waals surface area contributed by atoms with Crippen molar-refractivity contribution in [1.82, 2.24) is 19.9 Å².